The van der Waals surface area contributed by atoms with Gasteiger partial charge in [0.1, 0.15) is 11.6 Å². The molecule has 0 fully saturated rings. The molecule has 16 rings (SSSR count). The number of benzene rings is 11. The molecule has 0 aliphatic carbocycles. The predicted molar refractivity (Wildman–Crippen MR) is 349 cm³/mol. The van der Waals surface area contributed by atoms with E-state index in [0.717, 1.165) is 116 Å². The minimum atomic E-state index is 0.459. The maximum atomic E-state index is 5.78. The summed E-state index contributed by atoms with van der Waals surface area (Å²) in [5.74, 6) is 4.60. The van der Waals surface area contributed by atoms with Crippen LogP contribution in [-0.2, 0) is 0 Å². The topological polar surface area (TPSA) is 100 Å². The molecule has 402 valence electrons. The number of pyridine rings is 1. The van der Waals surface area contributed by atoms with E-state index in [4.69, 9.17) is 34.9 Å². The highest BCUT2D eigenvalue weighted by molar-refractivity contribution is 6.12. The van der Waals surface area contributed by atoms with Gasteiger partial charge in [-0.1, -0.05) is 237 Å². The number of para-hydroxylation sites is 2. The first kappa shape index (κ1) is 50.0. The van der Waals surface area contributed by atoms with Gasteiger partial charge in [-0.2, -0.15) is 0 Å². The smallest absolute Gasteiger partial charge is 0.164 e. The molecule has 0 aliphatic heterocycles. The largest absolute Gasteiger partial charge is 0.294 e. The van der Waals surface area contributed by atoms with Crippen molar-refractivity contribution < 1.29 is 0 Å². The Morgan fingerprint density at radius 2 is 0.477 bits per heavy atom. The first-order chi connectivity index (χ1) is 42.6. The predicted octanol–water partition coefficient (Wildman–Crippen LogP) is 18.6. The van der Waals surface area contributed by atoms with Gasteiger partial charge in [-0.25, -0.2) is 34.9 Å². The third-order valence-corrected chi connectivity index (χ3v) is 16.0. The van der Waals surface area contributed by atoms with Crippen LogP contribution in [0.25, 0.3) is 157 Å². The molecule has 0 radical (unpaired) electrons. The fraction of sp³-hybridized carbons (Fsp3) is 0. The molecule has 86 heavy (non-hydrogen) atoms. The van der Waals surface area contributed by atoms with Gasteiger partial charge in [0, 0.05) is 54.9 Å². The second-order valence-electron chi connectivity index (χ2n) is 21.3. The van der Waals surface area contributed by atoms with Crippen LogP contribution in [0.5, 0.6) is 0 Å². The molecule has 5 heterocycles. The van der Waals surface area contributed by atoms with Crippen molar-refractivity contribution in [2.45, 2.75) is 0 Å². The minimum absolute atomic E-state index is 0.459. The molecule has 0 N–H and O–H groups in total. The highest BCUT2D eigenvalue weighted by Crippen LogP contribution is 2.41. The lowest BCUT2D eigenvalue weighted by Gasteiger charge is -2.17. The summed E-state index contributed by atoms with van der Waals surface area (Å²) in [6, 6.07) is 103. The van der Waals surface area contributed by atoms with Crippen molar-refractivity contribution in [1.82, 2.24) is 44.0 Å². The monoisotopic (exact) mass is 1100 g/mol. The number of fused-ring (bicyclic) bond motifs is 6. The van der Waals surface area contributed by atoms with Gasteiger partial charge in [0.05, 0.1) is 22.1 Å². The summed E-state index contributed by atoms with van der Waals surface area (Å²) in [6.45, 7) is 0. The molecule has 16 aromatic rings. The maximum absolute atomic E-state index is 5.78. The van der Waals surface area contributed by atoms with E-state index < -0.39 is 0 Å². The van der Waals surface area contributed by atoms with E-state index in [1.54, 1.807) is 0 Å². The summed E-state index contributed by atoms with van der Waals surface area (Å²) in [4.78, 5) is 37.4. The quantitative estimate of drug-likeness (QED) is 0.127. The van der Waals surface area contributed by atoms with Crippen LogP contribution >= 0.6 is 0 Å². The molecular formula is C77H49N9. The number of hydrogen-bond donors (Lipinski definition) is 0. The highest BCUT2D eigenvalue weighted by Gasteiger charge is 2.24. The molecule has 0 saturated heterocycles. The molecule has 0 unspecified atom stereocenters. The number of hydrogen-bond acceptors (Lipinski definition) is 7. The number of rotatable bonds is 11. The molecule has 0 bridgehead atoms. The third-order valence-electron chi connectivity index (χ3n) is 16.0. The summed E-state index contributed by atoms with van der Waals surface area (Å²) in [6.07, 6.45) is 0. The van der Waals surface area contributed by atoms with Crippen molar-refractivity contribution in [3.63, 3.8) is 0 Å². The van der Waals surface area contributed by atoms with Gasteiger partial charge in [-0.05, 0) is 94.0 Å². The van der Waals surface area contributed by atoms with Gasteiger partial charge >= 0.3 is 0 Å². The Bertz CT molecular complexity index is 4910. The Hall–Kier alpha value is -11.8. The Morgan fingerprint density at radius 1 is 0.174 bits per heavy atom. The van der Waals surface area contributed by atoms with Crippen molar-refractivity contribution >= 4 is 43.6 Å². The fourth-order valence-electron chi connectivity index (χ4n) is 11.9. The van der Waals surface area contributed by atoms with Crippen molar-refractivity contribution in [1.29, 1.82) is 0 Å². The van der Waals surface area contributed by atoms with Gasteiger partial charge in [0.2, 0.25) is 0 Å². The standard InChI is InChI=1S/C77H49N9/c1-7-23-50(24-8-1)56-40-43-68-63(45-56)60-35-19-21-37-66(60)85(68)70-48-59(49-71(78-70)86-67-38-22-20-36-61(67)64-46-57(41-44-69(64)86)51-25-9-2-10-26-51)58-39-42-62(76-81-72(52-27-11-3-12-28-52)79-73(82-76)53-29-13-4-14-30-53)65(47-58)77-83-74(54-31-15-5-16-32-54)80-75(84-77)55-33-17-6-18-34-55/h1-49H. The molecule has 5 aromatic heterocycles. The summed E-state index contributed by atoms with van der Waals surface area (Å²) < 4.78 is 4.63. The first-order valence-electron chi connectivity index (χ1n) is 28.7. The van der Waals surface area contributed by atoms with Crippen LogP contribution < -0.4 is 0 Å². The molecule has 0 atom stereocenters. The molecule has 11 aromatic carbocycles. The van der Waals surface area contributed by atoms with Crippen LogP contribution in [0.2, 0.25) is 0 Å². The van der Waals surface area contributed by atoms with Gasteiger partial charge in [0.25, 0.3) is 0 Å². The van der Waals surface area contributed by atoms with Crippen LogP contribution in [0.3, 0.4) is 0 Å². The molecule has 0 saturated carbocycles. The Balaban J connectivity index is 0.980. The lowest BCUT2D eigenvalue weighted by Crippen LogP contribution is -2.05. The summed E-state index contributed by atoms with van der Waals surface area (Å²) >= 11 is 0. The molecule has 0 amide bonds. The SMILES string of the molecule is c1ccc(-c2ccc3c(c2)c2ccccc2n3-c2cc(-c3ccc(-c4nc(-c5ccccc5)nc(-c5ccccc5)n4)c(-c4nc(-c5ccccc5)nc(-c5ccccc5)n4)c3)cc(-n3c4ccccc4c4cc(-c5ccccc5)ccc43)n2)cc1. The lowest BCUT2D eigenvalue weighted by atomic mass is 9.97. The highest BCUT2D eigenvalue weighted by atomic mass is 15.1. The average molecular weight is 1100 g/mol. The molecular weight excluding hydrogens is 1050 g/mol. The van der Waals surface area contributed by atoms with Crippen LogP contribution in [0.4, 0.5) is 0 Å². The fourth-order valence-corrected chi connectivity index (χ4v) is 11.9. The third kappa shape index (κ3) is 9.04. The van der Waals surface area contributed by atoms with Gasteiger partial charge < -0.3 is 0 Å². The van der Waals surface area contributed by atoms with Crippen LogP contribution in [0.1, 0.15) is 0 Å². The normalized spacial score (nSPS) is 11.5. The molecule has 0 aliphatic rings. The van der Waals surface area contributed by atoms with Crippen molar-refractivity contribution in [2.24, 2.45) is 0 Å². The maximum Gasteiger partial charge on any atom is 0.164 e. The molecule has 9 nitrogen and oxygen atoms in total. The Kier molecular flexibility index (Phi) is 12.3. The van der Waals surface area contributed by atoms with E-state index in [0.29, 0.717) is 40.5 Å². The number of nitrogens with zero attached hydrogens (tertiary/aromatic N) is 9. The van der Waals surface area contributed by atoms with Crippen LogP contribution in [0.15, 0.2) is 297 Å². The summed E-state index contributed by atoms with van der Waals surface area (Å²) in [5.41, 5.74) is 15.5. The van der Waals surface area contributed by atoms with E-state index in [1.807, 2.05) is 121 Å². The minimum Gasteiger partial charge on any atom is -0.294 e. The molecule has 9 heteroatoms. The second-order valence-corrected chi connectivity index (χ2v) is 21.3. The summed E-state index contributed by atoms with van der Waals surface area (Å²) in [7, 11) is 0. The Labute approximate surface area is 495 Å². The second kappa shape index (κ2) is 21.2. The van der Waals surface area contributed by atoms with Crippen molar-refractivity contribution in [3.05, 3.63) is 297 Å². The van der Waals surface area contributed by atoms with Crippen LogP contribution in [0, 0.1) is 0 Å². The zero-order valence-electron chi connectivity index (χ0n) is 46.3. The molecule has 0 spiro atoms. The van der Waals surface area contributed by atoms with E-state index in [9.17, 15) is 0 Å². The zero-order chi connectivity index (χ0) is 56.9. The van der Waals surface area contributed by atoms with Crippen LogP contribution in [-0.4, -0.2) is 44.0 Å². The first-order valence-corrected chi connectivity index (χ1v) is 28.7. The average Bonchev–Trinajstić information content (AvgIpc) is 1.84. The van der Waals surface area contributed by atoms with E-state index >= 15 is 0 Å². The van der Waals surface area contributed by atoms with Gasteiger partial charge in [-0.15, -0.1) is 0 Å². The van der Waals surface area contributed by atoms with E-state index in [2.05, 4.69) is 185 Å². The van der Waals surface area contributed by atoms with Crippen molar-refractivity contribution in [3.8, 4) is 113 Å². The Morgan fingerprint density at radius 3 is 0.872 bits per heavy atom. The number of aromatic nitrogens is 9. The lowest BCUT2D eigenvalue weighted by molar-refractivity contribution is 1.01. The summed E-state index contributed by atoms with van der Waals surface area (Å²) in [5, 5.41) is 4.53. The van der Waals surface area contributed by atoms with E-state index in [-0.39, 0.29) is 0 Å². The van der Waals surface area contributed by atoms with Gasteiger partial charge in [0.15, 0.2) is 34.9 Å². The van der Waals surface area contributed by atoms with Crippen molar-refractivity contribution in [2.75, 3.05) is 0 Å². The van der Waals surface area contributed by atoms with Gasteiger partial charge in [-0.3, -0.25) is 9.13 Å². The zero-order valence-corrected chi connectivity index (χ0v) is 46.3. The van der Waals surface area contributed by atoms with E-state index in [1.165, 1.54) is 0 Å².